The van der Waals surface area contributed by atoms with E-state index in [-0.39, 0.29) is 18.7 Å². The minimum atomic E-state index is -4.50. The van der Waals surface area contributed by atoms with Gasteiger partial charge in [-0.25, -0.2) is 0 Å². The zero-order valence-electron chi connectivity index (χ0n) is 13.4. The molecule has 136 valence electrons. The molecule has 1 atom stereocenters. The summed E-state index contributed by atoms with van der Waals surface area (Å²) in [6.45, 7) is 0.167. The lowest BCUT2D eigenvalue weighted by molar-refractivity contribution is -0.137. The molecule has 3 rings (SSSR count). The van der Waals surface area contributed by atoms with Gasteiger partial charge in [-0.05, 0) is 36.8 Å². The molecule has 1 fully saturated rings. The van der Waals surface area contributed by atoms with Crippen molar-refractivity contribution in [3.63, 3.8) is 0 Å². The average Bonchev–Trinajstić information content (AvgIpc) is 2.98. The van der Waals surface area contributed by atoms with Crippen LogP contribution in [0, 0.1) is 5.92 Å². The predicted molar refractivity (Wildman–Crippen MR) is 92.0 cm³/mol. The Balaban J connectivity index is 1.76. The molecule has 1 unspecified atom stereocenters. The van der Waals surface area contributed by atoms with Crippen molar-refractivity contribution in [2.75, 3.05) is 16.8 Å². The van der Waals surface area contributed by atoms with Gasteiger partial charge < -0.3 is 10.2 Å². The molecule has 4 nitrogen and oxygen atoms in total. The second kappa shape index (κ2) is 6.99. The first-order valence-corrected chi connectivity index (χ1v) is 8.19. The van der Waals surface area contributed by atoms with Gasteiger partial charge in [-0.3, -0.25) is 9.59 Å². The number of hydrogen-bond acceptors (Lipinski definition) is 2. The van der Waals surface area contributed by atoms with Gasteiger partial charge in [0, 0.05) is 12.2 Å². The van der Waals surface area contributed by atoms with Crippen LogP contribution in [0.5, 0.6) is 0 Å². The van der Waals surface area contributed by atoms with Gasteiger partial charge in [-0.1, -0.05) is 29.8 Å². The summed E-state index contributed by atoms with van der Waals surface area (Å²) in [6, 6.07) is 11.1. The highest BCUT2D eigenvalue weighted by atomic mass is 35.5. The smallest absolute Gasteiger partial charge is 0.324 e. The summed E-state index contributed by atoms with van der Waals surface area (Å²) >= 11 is 5.98. The van der Waals surface area contributed by atoms with Crippen molar-refractivity contribution in [1.82, 2.24) is 0 Å². The number of para-hydroxylation sites is 1. The highest BCUT2D eigenvalue weighted by Gasteiger charge is 2.39. The summed E-state index contributed by atoms with van der Waals surface area (Å²) in [5.74, 6) is -2.03. The molecule has 0 saturated carbocycles. The standard InChI is InChI=1S/C18H14ClF3N2O2/c19-14-6-1-2-7-15(14)23-16(25)13-8-9-24(17(13)26)12-5-3-4-11(10-12)18(20,21)22/h1-7,10,13H,8-9H2,(H,23,25). The number of nitrogens with zero attached hydrogens (tertiary/aromatic N) is 1. The van der Waals surface area contributed by atoms with Crippen LogP contribution >= 0.6 is 11.6 Å². The summed E-state index contributed by atoms with van der Waals surface area (Å²) in [6.07, 6.45) is -4.29. The number of nitrogens with one attached hydrogen (secondary N) is 1. The monoisotopic (exact) mass is 382 g/mol. The molecule has 26 heavy (non-hydrogen) atoms. The molecule has 2 aromatic rings. The highest BCUT2D eigenvalue weighted by Crippen LogP contribution is 2.34. The first-order chi connectivity index (χ1) is 12.3. The summed E-state index contributed by atoms with van der Waals surface area (Å²) in [4.78, 5) is 26.1. The van der Waals surface area contributed by atoms with E-state index in [0.717, 1.165) is 12.1 Å². The number of benzene rings is 2. The van der Waals surface area contributed by atoms with Gasteiger partial charge in [-0.2, -0.15) is 13.2 Å². The summed E-state index contributed by atoms with van der Waals surface area (Å²) in [5, 5.41) is 2.93. The van der Waals surface area contributed by atoms with E-state index in [2.05, 4.69) is 5.32 Å². The lowest BCUT2D eigenvalue weighted by Crippen LogP contribution is -2.33. The van der Waals surface area contributed by atoms with Gasteiger partial charge in [0.05, 0.1) is 16.3 Å². The van der Waals surface area contributed by atoms with Crippen LogP contribution in [0.25, 0.3) is 0 Å². The second-order valence-corrected chi connectivity index (χ2v) is 6.26. The normalized spacial score (nSPS) is 17.5. The minimum Gasteiger partial charge on any atom is -0.324 e. The number of halogens is 4. The van der Waals surface area contributed by atoms with Crippen LogP contribution in [-0.4, -0.2) is 18.4 Å². The van der Waals surface area contributed by atoms with Crippen molar-refractivity contribution >= 4 is 34.8 Å². The molecule has 2 aromatic carbocycles. The fraction of sp³-hybridized carbons (Fsp3) is 0.222. The van der Waals surface area contributed by atoms with Crippen LogP contribution in [0.15, 0.2) is 48.5 Å². The number of carbonyl (C=O) groups excluding carboxylic acids is 2. The highest BCUT2D eigenvalue weighted by molar-refractivity contribution is 6.33. The van der Waals surface area contributed by atoms with Gasteiger partial charge >= 0.3 is 6.18 Å². The van der Waals surface area contributed by atoms with E-state index in [9.17, 15) is 22.8 Å². The van der Waals surface area contributed by atoms with Crippen LogP contribution in [0.2, 0.25) is 5.02 Å². The van der Waals surface area contributed by atoms with E-state index in [0.29, 0.717) is 10.7 Å². The van der Waals surface area contributed by atoms with Gasteiger partial charge in [0.15, 0.2) is 0 Å². The lowest BCUT2D eigenvalue weighted by atomic mass is 10.1. The van der Waals surface area contributed by atoms with Gasteiger partial charge in [0.25, 0.3) is 0 Å². The van der Waals surface area contributed by atoms with E-state index in [1.165, 1.54) is 17.0 Å². The summed E-state index contributed by atoms with van der Waals surface area (Å²) < 4.78 is 38.6. The van der Waals surface area contributed by atoms with E-state index >= 15 is 0 Å². The number of amides is 2. The van der Waals surface area contributed by atoms with E-state index < -0.39 is 29.5 Å². The van der Waals surface area contributed by atoms with Crippen LogP contribution in [0.1, 0.15) is 12.0 Å². The van der Waals surface area contributed by atoms with Crippen LogP contribution in [0.4, 0.5) is 24.5 Å². The fourth-order valence-corrected chi connectivity index (χ4v) is 3.00. The van der Waals surface area contributed by atoms with E-state index in [1.54, 1.807) is 24.3 Å². The molecule has 0 spiro atoms. The first-order valence-electron chi connectivity index (χ1n) is 7.81. The predicted octanol–water partition coefficient (Wildman–Crippen LogP) is 4.35. The molecule has 0 aliphatic carbocycles. The molecule has 8 heteroatoms. The Kier molecular flexibility index (Phi) is 4.91. The molecule has 2 amide bonds. The Labute approximate surface area is 152 Å². The Morgan fingerprint density at radius 3 is 2.58 bits per heavy atom. The van der Waals surface area contributed by atoms with Crippen molar-refractivity contribution in [2.24, 2.45) is 5.92 Å². The summed E-state index contributed by atoms with van der Waals surface area (Å²) in [5.41, 5.74) is -0.339. The molecule has 1 aliphatic heterocycles. The Morgan fingerprint density at radius 2 is 1.88 bits per heavy atom. The van der Waals surface area contributed by atoms with Gasteiger partial charge in [0.1, 0.15) is 5.92 Å². The number of alkyl halides is 3. The molecular weight excluding hydrogens is 369 g/mol. The van der Waals surface area contributed by atoms with Crippen LogP contribution in [-0.2, 0) is 15.8 Å². The van der Waals surface area contributed by atoms with E-state index in [4.69, 9.17) is 11.6 Å². The molecule has 1 saturated heterocycles. The maximum atomic E-state index is 12.9. The number of rotatable bonds is 3. The van der Waals surface area contributed by atoms with Gasteiger partial charge in [0.2, 0.25) is 11.8 Å². The Hall–Kier alpha value is -2.54. The topological polar surface area (TPSA) is 49.4 Å². The van der Waals surface area contributed by atoms with Crippen molar-refractivity contribution < 1.29 is 22.8 Å². The molecule has 1 aliphatic rings. The average molecular weight is 383 g/mol. The zero-order chi connectivity index (χ0) is 18.9. The first kappa shape index (κ1) is 18.3. The van der Waals surface area contributed by atoms with Crippen LogP contribution < -0.4 is 10.2 Å². The molecule has 1 N–H and O–H groups in total. The van der Waals surface area contributed by atoms with Crippen molar-refractivity contribution in [1.29, 1.82) is 0 Å². The van der Waals surface area contributed by atoms with Crippen molar-refractivity contribution in [3.05, 3.63) is 59.1 Å². The summed E-state index contributed by atoms with van der Waals surface area (Å²) in [7, 11) is 0. The third-order valence-corrected chi connectivity index (χ3v) is 4.47. The third-order valence-electron chi connectivity index (χ3n) is 4.14. The minimum absolute atomic E-state index is 0.123. The van der Waals surface area contributed by atoms with Gasteiger partial charge in [-0.15, -0.1) is 0 Å². The van der Waals surface area contributed by atoms with Crippen LogP contribution in [0.3, 0.4) is 0 Å². The molecular formula is C18H14ClF3N2O2. The molecule has 0 bridgehead atoms. The molecule has 1 heterocycles. The Morgan fingerprint density at radius 1 is 1.15 bits per heavy atom. The van der Waals surface area contributed by atoms with E-state index in [1.807, 2.05) is 0 Å². The van der Waals surface area contributed by atoms with Crippen molar-refractivity contribution in [2.45, 2.75) is 12.6 Å². The molecule has 0 radical (unpaired) electrons. The second-order valence-electron chi connectivity index (χ2n) is 5.85. The SMILES string of the molecule is O=C(Nc1ccccc1Cl)C1CCN(c2cccc(C(F)(F)F)c2)C1=O. The lowest BCUT2D eigenvalue weighted by Gasteiger charge is -2.18. The number of anilines is 2. The largest absolute Gasteiger partial charge is 0.416 e. The maximum absolute atomic E-state index is 12.9. The maximum Gasteiger partial charge on any atom is 0.416 e. The Bertz CT molecular complexity index is 854. The number of carbonyl (C=O) groups is 2. The fourth-order valence-electron chi connectivity index (χ4n) is 2.81. The quantitative estimate of drug-likeness (QED) is 0.802. The zero-order valence-corrected chi connectivity index (χ0v) is 14.1. The van der Waals surface area contributed by atoms with Crippen molar-refractivity contribution in [3.8, 4) is 0 Å². The molecule has 0 aromatic heterocycles. The third kappa shape index (κ3) is 3.67. The number of hydrogen-bond donors (Lipinski definition) is 1.